The molecule has 0 amide bonds. The molecule has 0 fully saturated rings. The number of aromatic amines is 1. The third-order valence-electron chi connectivity index (χ3n) is 2.35. The molecule has 1 N–H and O–H groups in total. The Morgan fingerprint density at radius 1 is 1.14 bits per heavy atom. The molecule has 2 aromatic rings. The maximum Gasteiger partial charge on any atom is 0.0454 e. The Hall–Kier alpha value is -1.24. The molecule has 0 saturated carbocycles. The summed E-state index contributed by atoms with van der Waals surface area (Å²) in [5, 5.41) is 1.31. The van der Waals surface area contributed by atoms with Crippen molar-refractivity contribution in [3.05, 3.63) is 36.0 Å². The van der Waals surface area contributed by atoms with E-state index in [4.69, 9.17) is 0 Å². The SMILES string of the molecule is CC(C)(C)Cc1ccc2[nH]ccc2c1. The van der Waals surface area contributed by atoms with Crippen LogP contribution in [-0.2, 0) is 6.42 Å². The fourth-order valence-electron chi connectivity index (χ4n) is 1.83. The number of nitrogens with one attached hydrogen (secondary N) is 1. The number of H-pyrrole nitrogens is 1. The molecule has 0 aliphatic heterocycles. The summed E-state index contributed by atoms with van der Waals surface area (Å²) in [7, 11) is 0. The first-order valence-electron chi connectivity index (χ1n) is 5.11. The standard InChI is InChI=1S/C13H17N/c1-13(2,3)9-10-4-5-12-11(8-10)6-7-14-12/h4-8,14H,9H2,1-3H3. The fraction of sp³-hybridized carbons (Fsp3) is 0.385. The van der Waals surface area contributed by atoms with E-state index in [1.807, 2.05) is 6.20 Å². The van der Waals surface area contributed by atoms with Crippen molar-refractivity contribution >= 4 is 10.9 Å². The summed E-state index contributed by atoms with van der Waals surface area (Å²) < 4.78 is 0. The third-order valence-corrected chi connectivity index (χ3v) is 2.35. The Balaban J connectivity index is 2.35. The Bertz CT molecular complexity index is 432. The van der Waals surface area contributed by atoms with Gasteiger partial charge in [-0.05, 0) is 41.0 Å². The van der Waals surface area contributed by atoms with Crippen molar-refractivity contribution in [2.45, 2.75) is 27.2 Å². The molecule has 1 heteroatoms. The molecule has 0 saturated heterocycles. The fourth-order valence-corrected chi connectivity index (χ4v) is 1.83. The quantitative estimate of drug-likeness (QED) is 0.699. The summed E-state index contributed by atoms with van der Waals surface area (Å²) in [5.74, 6) is 0. The van der Waals surface area contributed by atoms with Crippen LogP contribution in [0.3, 0.4) is 0 Å². The molecule has 74 valence electrons. The van der Waals surface area contributed by atoms with Gasteiger partial charge in [0.05, 0.1) is 0 Å². The predicted molar refractivity (Wildman–Crippen MR) is 61.5 cm³/mol. The second kappa shape index (κ2) is 3.16. The van der Waals surface area contributed by atoms with Crippen molar-refractivity contribution in [3.63, 3.8) is 0 Å². The van der Waals surface area contributed by atoms with Crippen LogP contribution in [0.15, 0.2) is 30.5 Å². The van der Waals surface area contributed by atoms with Gasteiger partial charge >= 0.3 is 0 Å². The molecule has 0 aliphatic carbocycles. The van der Waals surface area contributed by atoms with E-state index in [-0.39, 0.29) is 0 Å². The molecule has 0 atom stereocenters. The minimum Gasteiger partial charge on any atom is -0.361 e. The van der Waals surface area contributed by atoms with E-state index < -0.39 is 0 Å². The predicted octanol–water partition coefficient (Wildman–Crippen LogP) is 3.76. The minimum absolute atomic E-state index is 0.365. The minimum atomic E-state index is 0.365. The molecule has 0 spiro atoms. The lowest BCUT2D eigenvalue weighted by molar-refractivity contribution is 0.411. The van der Waals surface area contributed by atoms with Crippen LogP contribution < -0.4 is 0 Å². The number of hydrogen-bond donors (Lipinski definition) is 1. The molecular formula is C13H17N. The summed E-state index contributed by atoms with van der Waals surface area (Å²) in [6, 6.07) is 8.78. The third kappa shape index (κ3) is 1.98. The lowest BCUT2D eigenvalue weighted by Crippen LogP contribution is -2.08. The normalized spacial score (nSPS) is 12.2. The molecule has 0 unspecified atom stereocenters. The van der Waals surface area contributed by atoms with Crippen LogP contribution in [0.2, 0.25) is 0 Å². The van der Waals surface area contributed by atoms with Gasteiger partial charge in [0.15, 0.2) is 0 Å². The van der Waals surface area contributed by atoms with Crippen LogP contribution in [-0.4, -0.2) is 4.98 Å². The Morgan fingerprint density at radius 3 is 2.64 bits per heavy atom. The van der Waals surface area contributed by atoms with Crippen molar-refractivity contribution < 1.29 is 0 Å². The van der Waals surface area contributed by atoms with Crippen molar-refractivity contribution in [2.75, 3.05) is 0 Å². The second-order valence-electron chi connectivity index (χ2n) is 5.14. The first-order chi connectivity index (χ1) is 6.54. The number of fused-ring (bicyclic) bond motifs is 1. The highest BCUT2D eigenvalue weighted by molar-refractivity contribution is 5.79. The smallest absolute Gasteiger partial charge is 0.0454 e. The van der Waals surface area contributed by atoms with Crippen LogP contribution in [0.5, 0.6) is 0 Å². The summed E-state index contributed by atoms with van der Waals surface area (Å²) >= 11 is 0. The Kier molecular flexibility index (Phi) is 2.10. The van der Waals surface area contributed by atoms with Crippen molar-refractivity contribution in [1.29, 1.82) is 0 Å². The van der Waals surface area contributed by atoms with Crippen LogP contribution in [0, 0.1) is 5.41 Å². The number of aromatic nitrogens is 1. The van der Waals surface area contributed by atoms with Gasteiger partial charge in [0, 0.05) is 11.7 Å². The van der Waals surface area contributed by atoms with E-state index in [9.17, 15) is 0 Å². The average molecular weight is 187 g/mol. The maximum atomic E-state index is 3.21. The molecule has 1 aromatic heterocycles. The first kappa shape index (κ1) is 9.32. The Morgan fingerprint density at radius 2 is 1.93 bits per heavy atom. The maximum absolute atomic E-state index is 3.21. The molecule has 2 rings (SSSR count). The monoisotopic (exact) mass is 187 g/mol. The zero-order valence-corrected chi connectivity index (χ0v) is 9.09. The van der Waals surface area contributed by atoms with Crippen molar-refractivity contribution in [3.8, 4) is 0 Å². The van der Waals surface area contributed by atoms with Gasteiger partial charge in [-0.2, -0.15) is 0 Å². The molecule has 0 aliphatic rings. The molecule has 0 bridgehead atoms. The topological polar surface area (TPSA) is 15.8 Å². The largest absolute Gasteiger partial charge is 0.361 e. The van der Waals surface area contributed by atoms with Crippen molar-refractivity contribution in [2.24, 2.45) is 5.41 Å². The van der Waals surface area contributed by atoms with E-state index in [1.54, 1.807) is 0 Å². The summed E-state index contributed by atoms with van der Waals surface area (Å²) in [4.78, 5) is 3.21. The van der Waals surface area contributed by atoms with E-state index in [1.165, 1.54) is 16.5 Å². The van der Waals surface area contributed by atoms with Crippen molar-refractivity contribution in [1.82, 2.24) is 4.98 Å². The van der Waals surface area contributed by atoms with E-state index in [0.29, 0.717) is 5.41 Å². The zero-order chi connectivity index (χ0) is 10.2. The lowest BCUT2D eigenvalue weighted by atomic mass is 9.88. The highest BCUT2D eigenvalue weighted by Crippen LogP contribution is 2.23. The van der Waals surface area contributed by atoms with Gasteiger partial charge in [0.1, 0.15) is 0 Å². The summed E-state index contributed by atoms with van der Waals surface area (Å²) in [6.07, 6.45) is 3.12. The summed E-state index contributed by atoms with van der Waals surface area (Å²) in [5.41, 5.74) is 3.01. The van der Waals surface area contributed by atoms with E-state index in [0.717, 1.165) is 6.42 Å². The van der Waals surface area contributed by atoms with Gasteiger partial charge in [-0.25, -0.2) is 0 Å². The molecule has 1 aromatic carbocycles. The van der Waals surface area contributed by atoms with Gasteiger partial charge in [-0.3, -0.25) is 0 Å². The molecule has 0 radical (unpaired) electrons. The molecule has 1 heterocycles. The van der Waals surface area contributed by atoms with Gasteiger partial charge in [-0.15, -0.1) is 0 Å². The van der Waals surface area contributed by atoms with Gasteiger partial charge in [0.25, 0.3) is 0 Å². The molecular weight excluding hydrogens is 170 g/mol. The highest BCUT2D eigenvalue weighted by atomic mass is 14.7. The zero-order valence-electron chi connectivity index (χ0n) is 9.09. The number of hydrogen-bond acceptors (Lipinski definition) is 0. The molecule has 14 heavy (non-hydrogen) atoms. The van der Waals surface area contributed by atoms with Crippen LogP contribution in [0.4, 0.5) is 0 Å². The first-order valence-corrected chi connectivity index (χ1v) is 5.11. The van der Waals surface area contributed by atoms with Crippen LogP contribution in [0.1, 0.15) is 26.3 Å². The number of rotatable bonds is 1. The van der Waals surface area contributed by atoms with Crippen LogP contribution in [0.25, 0.3) is 10.9 Å². The van der Waals surface area contributed by atoms with Gasteiger partial charge in [0.2, 0.25) is 0 Å². The van der Waals surface area contributed by atoms with E-state index in [2.05, 4.69) is 50.0 Å². The number of benzene rings is 1. The second-order valence-corrected chi connectivity index (χ2v) is 5.14. The summed E-state index contributed by atoms with van der Waals surface area (Å²) in [6.45, 7) is 6.82. The van der Waals surface area contributed by atoms with Gasteiger partial charge < -0.3 is 4.98 Å². The average Bonchev–Trinajstić information content (AvgIpc) is 2.47. The highest BCUT2D eigenvalue weighted by Gasteiger charge is 2.11. The van der Waals surface area contributed by atoms with Crippen LogP contribution >= 0.6 is 0 Å². The lowest BCUT2D eigenvalue weighted by Gasteiger charge is -2.17. The molecule has 1 nitrogen and oxygen atoms in total. The van der Waals surface area contributed by atoms with Gasteiger partial charge in [-0.1, -0.05) is 26.8 Å². The van der Waals surface area contributed by atoms with E-state index >= 15 is 0 Å². The Labute approximate surface area is 85.1 Å².